The summed E-state index contributed by atoms with van der Waals surface area (Å²) in [6.45, 7) is 6.24. The van der Waals surface area contributed by atoms with E-state index in [-0.39, 0.29) is 17.1 Å². The summed E-state index contributed by atoms with van der Waals surface area (Å²) in [6.07, 6.45) is 0. The van der Waals surface area contributed by atoms with Gasteiger partial charge in [0.1, 0.15) is 10.5 Å². The van der Waals surface area contributed by atoms with Crippen LogP contribution in [-0.4, -0.2) is 38.0 Å². The minimum Gasteiger partial charge on any atom is -0.462 e. The number of sulfonamides is 1. The number of rotatable bonds is 7. The number of nitrogens with one attached hydrogen (secondary N) is 2. The molecule has 0 bridgehead atoms. The highest BCUT2D eigenvalue weighted by Crippen LogP contribution is 2.27. The number of halogens is 1. The fraction of sp³-hybridized carbons (Fsp3) is 0.368. The molecule has 0 aliphatic rings. The Morgan fingerprint density at radius 2 is 1.83 bits per heavy atom. The van der Waals surface area contributed by atoms with Crippen LogP contribution >= 0.6 is 11.6 Å². The van der Waals surface area contributed by atoms with Crippen LogP contribution in [0, 0.1) is 20.8 Å². The van der Waals surface area contributed by atoms with Crippen LogP contribution in [0.15, 0.2) is 23.1 Å². The van der Waals surface area contributed by atoms with Crippen molar-refractivity contribution in [3.05, 3.63) is 45.7 Å². The SMILES string of the molecule is CCOC(=O)c1c(S(=O)(=O)NCC(=O)Nc2cc(Cl)ccc2C)c(C)n(C)c1C. The lowest BCUT2D eigenvalue weighted by Gasteiger charge is -2.11. The first kappa shape index (κ1) is 22.9. The molecule has 8 nitrogen and oxygen atoms in total. The van der Waals surface area contributed by atoms with E-state index >= 15 is 0 Å². The summed E-state index contributed by atoms with van der Waals surface area (Å²) in [5, 5.41) is 3.06. The van der Waals surface area contributed by atoms with Crippen molar-refractivity contribution in [1.82, 2.24) is 9.29 Å². The Hall–Kier alpha value is -2.36. The number of nitrogens with zero attached hydrogens (tertiary/aromatic N) is 1. The van der Waals surface area contributed by atoms with Crippen LogP contribution in [0.1, 0.15) is 34.2 Å². The van der Waals surface area contributed by atoms with Crippen LogP contribution in [0.5, 0.6) is 0 Å². The molecule has 1 amide bonds. The monoisotopic (exact) mass is 441 g/mol. The van der Waals surface area contributed by atoms with Crippen LogP contribution in [0.4, 0.5) is 5.69 Å². The van der Waals surface area contributed by atoms with Gasteiger partial charge in [-0.15, -0.1) is 0 Å². The normalized spacial score (nSPS) is 11.4. The fourth-order valence-corrected chi connectivity index (χ4v) is 4.51. The van der Waals surface area contributed by atoms with Crippen molar-refractivity contribution >= 4 is 39.2 Å². The van der Waals surface area contributed by atoms with Crippen LogP contribution in [0.3, 0.4) is 0 Å². The third-order valence-corrected chi connectivity index (χ3v) is 6.36. The van der Waals surface area contributed by atoms with Crippen molar-refractivity contribution < 1.29 is 22.7 Å². The number of aryl methyl sites for hydroxylation is 1. The second-order valence-corrected chi connectivity index (χ2v) is 8.63. The van der Waals surface area contributed by atoms with Gasteiger partial charge in [-0.3, -0.25) is 4.79 Å². The molecular weight excluding hydrogens is 418 g/mol. The van der Waals surface area contributed by atoms with E-state index in [1.54, 1.807) is 57.5 Å². The van der Waals surface area contributed by atoms with Crippen LogP contribution < -0.4 is 10.0 Å². The third-order valence-electron chi connectivity index (χ3n) is 4.57. The molecule has 1 heterocycles. The smallest absolute Gasteiger partial charge is 0.341 e. The average Bonchev–Trinajstić information content (AvgIpc) is 2.88. The Kier molecular flexibility index (Phi) is 7.10. The first-order valence-electron chi connectivity index (χ1n) is 8.88. The Morgan fingerprint density at radius 3 is 2.45 bits per heavy atom. The predicted molar refractivity (Wildman–Crippen MR) is 111 cm³/mol. The van der Waals surface area contributed by atoms with E-state index in [0.29, 0.717) is 22.1 Å². The number of amides is 1. The Labute approximate surface area is 175 Å². The Morgan fingerprint density at radius 1 is 1.17 bits per heavy atom. The maximum absolute atomic E-state index is 12.9. The molecule has 0 saturated carbocycles. The van der Waals surface area contributed by atoms with Crippen molar-refractivity contribution in [1.29, 1.82) is 0 Å². The standard InChI is InChI=1S/C19H24ClN3O5S/c1-6-28-19(25)17-12(3)23(5)13(4)18(17)29(26,27)21-10-16(24)22-15-9-14(20)8-7-11(15)2/h7-9,21H,6,10H2,1-5H3,(H,22,24). The molecule has 2 aromatic rings. The second kappa shape index (κ2) is 8.98. The predicted octanol–water partition coefficient (Wildman–Crippen LogP) is 2.70. The molecule has 29 heavy (non-hydrogen) atoms. The molecular formula is C19H24ClN3O5S. The second-order valence-electron chi connectivity index (χ2n) is 6.49. The van der Waals surface area contributed by atoms with E-state index in [0.717, 1.165) is 5.56 Å². The quantitative estimate of drug-likeness (QED) is 0.642. The molecule has 0 atom stereocenters. The summed E-state index contributed by atoms with van der Waals surface area (Å²) in [6, 6.07) is 5.00. The lowest BCUT2D eigenvalue weighted by atomic mass is 10.2. The number of hydrogen-bond acceptors (Lipinski definition) is 5. The Bertz CT molecular complexity index is 1060. The van der Waals surface area contributed by atoms with E-state index < -0.39 is 28.4 Å². The summed E-state index contributed by atoms with van der Waals surface area (Å²) in [5.41, 5.74) is 2.06. The molecule has 10 heteroatoms. The van der Waals surface area contributed by atoms with Gasteiger partial charge >= 0.3 is 5.97 Å². The highest BCUT2D eigenvalue weighted by Gasteiger charge is 2.31. The molecule has 2 rings (SSSR count). The number of esters is 1. The molecule has 0 saturated heterocycles. The summed E-state index contributed by atoms with van der Waals surface area (Å²) in [4.78, 5) is 24.4. The first-order valence-corrected chi connectivity index (χ1v) is 10.7. The molecule has 1 aromatic heterocycles. The lowest BCUT2D eigenvalue weighted by Crippen LogP contribution is -2.34. The van der Waals surface area contributed by atoms with Crippen molar-refractivity contribution in [3.8, 4) is 0 Å². The van der Waals surface area contributed by atoms with Gasteiger partial charge in [0.15, 0.2) is 0 Å². The molecule has 0 aliphatic carbocycles. The zero-order valence-electron chi connectivity index (χ0n) is 16.9. The van der Waals surface area contributed by atoms with Gasteiger partial charge in [0.2, 0.25) is 15.9 Å². The fourth-order valence-electron chi connectivity index (χ4n) is 2.85. The van der Waals surface area contributed by atoms with E-state index in [1.165, 1.54) is 0 Å². The zero-order valence-corrected chi connectivity index (χ0v) is 18.5. The van der Waals surface area contributed by atoms with Crippen LogP contribution in [0.25, 0.3) is 0 Å². The minimum absolute atomic E-state index is 0.0366. The van der Waals surface area contributed by atoms with Crippen LogP contribution in [0.2, 0.25) is 5.02 Å². The molecule has 0 fully saturated rings. The van der Waals surface area contributed by atoms with Crippen molar-refractivity contribution in [3.63, 3.8) is 0 Å². The minimum atomic E-state index is -4.15. The molecule has 0 spiro atoms. The molecule has 0 unspecified atom stereocenters. The highest BCUT2D eigenvalue weighted by atomic mass is 35.5. The van der Waals surface area contributed by atoms with Gasteiger partial charge in [-0.05, 0) is 45.4 Å². The summed E-state index contributed by atoms with van der Waals surface area (Å²) < 4.78 is 34.6. The number of benzene rings is 1. The topological polar surface area (TPSA) is 106 Å². The van der Waals surface area contributed by atoms with Gasteiger partial charge in [-0.2, -0.15) is 0 Å². The van der Waals surface area contributed by atoms with Gasteiger partial charge in [-0.25, -0.2) is 17.9 Å². The van der Waals surface area contributed by atoms with Gasteiger partial charge in [0.05, 0.1) is 13.2 Å². The number of carbonyl (C=O) groups excluding carboxylic acids is 2. The largest absolute Gasteiger partial charge is 0.462 e. The van der Waals surface area contributed by atoms with Crippen LogP contribution in [-0.2, 0) is 26.6 Å². The summed E-state index contributed by atoms with van der Waals surface area (Å²) >= 11 is 5.93. The third kappa shape index (κ3) is 4.98. The van der Waals surface area contributed by atoms with Gasteiger partial charge in [-0.1, -0.05) is 17.7 Å². The Balaban J connectivity index is 2.26. The van der Waals surface area contributed by atoms with E-state index in [1.807, 2.05) is 0 Å². The zero-order chi connectivity index (χ0) is 21.9. The van der Waals surface area contributed by atoms with Crippen molar-refractivity contribution in [2.75, 3.05) is 18.5 Å². The van der Waals surface area contributed by atoms with Crippen molar-refractivity contribution in [2.45, 2.75) is 32.6 Å². The highest BCUT2D eigenvalue weighted by molar-refractivity contribution is 7.89. The van der Waals surface area contributed by atoms with Gasteiger partial charge in [0, 0.05) is 29.1 Å². The molecule has 2 N–H and O–H groups in total. The molecule has 1 aromatic carbocycles. The summed E-state index contributed by atoms with van der Waals surface area (Å²) in [7, 11) is -2.50. The van der Waals surface area contributed by atoms with Gasteiger partial charge < -0.3 is 14.6 Å². The number of ether oxygens (including phenoxy) is 1. The number of anilines is 1. The maximum atomic E-state index is 12.9. The molecule has 158 valence electrons. The molecule has 0 aliphatic heterocycles. The maximum Gasteiger partial charge on any atom is 0.341 e. The number of aromatic nitrogens is 1. The van der Waals surface area contributed by atoms with E-state index in [9.17, 15) is 18.0 Å². The number of carbonyl (C=O) groups is 2. The molecule has 0 radical (unpaired) electrons. The van der Waals surface area contributed by atoms with Crippen molar-refractivity contribution in [2.24, 2.45) is 7.05 Å². The van der Waals surface area contributed by atoms with E-state index in [2.05, 4.69) is 10.0 Å². The van der Waals surface area contributed by atoms with Gasteiger partial charge in [0.25, 0.3) is 0 Å². The lowest BCUT2D eigenvalue weighted by molar-refractivity contribution is -0.115. The first-order chi connectivity index (χ1) is 13.5. The summed E-state index contributed by atoms with van der Waals surface area (Å²) in [5.74, 6) is -1.30. The van der Waals surface area contributed by atoms with E-state index in [4.69, 9.17) is 16.3 Å². The average molecular weight is 442 g/mol. The number of hydrogen-bond donors (Lipinski definition) is 2.